The Kier molecular flexibility index (Phi) is 5.76. The molecule has 4 nitrogen and oxygen atoms in total. The van der Waals surface area contributed by atoms with Gasteiger partial charge < -0.3 is 10.6 Å². The zero-order chi connectivity index (χ0) is 14.9. The van der Waals surface area contributed by atoms with E-state index in [2.05, 4.69) is 57.9 Å². The lowest BCUT2D eigenvalue weighted by molar-refractivity contribution is 0.780. The van der Waals surface area contributed by atoms with E-state index in [9.17, 15) is 0 Å². The van der Waals surface area contributed by atoms with E-state index in [1.807, 2.05) is 18.3 Å². The van der Waals surface area contributed by atoms with Crippen LogP contribution in [0.1, 0.15) is 16.8 Å². The first-order valence-electron chi connectivity index (χ1n) is 7.18. The summed E-state index contributed by atoms with van der Waals surface area (Å²) in [5, 5.41) is 6.61. The van der Waals surface area contributed by atoms with Crippen LogP contribution in [0.4, 0.5) is 0 Å². The highest BCUT2D eigenvalue weighted by molar-refractivity contribution is 5.79. The van der Waals surface area contributed by atoms with Crippen molar-refractivity contribution < 1.29 is 0 Å². The summed E-state index contributed by atoms with van der Waals surface area (Å²) in [4.78, 5) is 8.60. The molecule has 0 saturated carbocycles. The van der Waals surface area contributed by atoms with Gasteiger partial charge in [-0.15, -0.1) is 0 Å². The van der Waals surface area contributed by atoms with E-state index in [0.717, 1.165) is 24.6 Å². The van der Waals surface area contributed by atoms with Crippen molar-refractivity contribution in [3.63, 3.8) is 0 Å². The molecule has 0 unspecified atom stereocenters. The molecular formula is C17H22N4. The standard InChI is InChI=1S/C17H22N4/c1-14-7-6-11-19-16(14)13-21-17(18-2)20-12-10-15-8-4-3-5-9-15/h3-9,11H,10,12-13H2,1-2H3,(H2,18,20,21). The van der Waals surface area contributed by atoms with Crippen LogP contribution in [0, 0.1) is 6.92 Å². The molecule has 0 aliphatic carbocycles. The van der Waals surface area contributed by atoms with Crippen molar-refractivity contribution in [3.05, 3.63) is 65.5 Å². The second-order valence-electron chi connectivity index (χ2n) is 4.86. The van der Waals surface area contributed by atoms with Gasteiger partial charge in [-0.05, 0) is 30.5 Å². The van der Waals surface area contributed by atoms with Crippen LogP contribution in [0.3, 0.4) is 0 Å². The maximum atomic E-state index is 4.37. The van der Waals surface area contributed by atoms with E-state index in [0.29, 0.717) is 6.54 Å². The number of hydrogen-bond donors (Lipinski definition) is 2. The van der Waals surface area contributed by atoms with Crippen LogP contribution in [0.15, 0.2) is 53.7 Å². The molecule has 110 valence electrons. The van der Waals surface area contributed by atoms with Crippen LogP contribution in [0.25, 0.3) is 0 Å². The predicted octanol–water partition coefficient (Wildman–Crippen LogP) is 2.30. The van der Waals surface area contributed by atoms with E-state index in [-0.39, 0.29) is 0 Å². The molecule has 0 aliphatic heterocycles. The van der Waals surface area contributed by atoms with Crippen LogP contribution in [0.5, 0.6) is 0 Å². The molecule has 0 bridgehead atoms. The minimum absolute atomic E-state index is 0.678. The fraction of sp³-hybridized carbons (Fsp3) is 0.294. The highest BCUT2D eigenvalue weighted by Crippen LogP contribution is 2.02. The van der Waals surface area contributed by atoms with Gasteiger partial charge in [0, 0.05) is 19.8 Å². The summed E-state index contributed by atoms with van der Waals surface area (Å²) >= 11 is 0. The summed E-state index contributed by atoms with van der Waals surface area (Å²) < 4.78 is 0. The quantitative estimate of drug-likeness (QED) is 0.653. The SMILES string of the molecule is CN=C(NCCc1ccccc1)NCc1ncccc1C. The molecule has 1 aromatic heterocycles. The molecule has 0 fully saturated rings. The first kappa shape index (κ1) is 15.0. The van der Waals surface area contributed by atoms with Gasteiger partial charge in [-0.1, -0.05) is 36.4 Å². The number of pyridine rings is 1. The summed E-state index contributed by atoms with van der Waals surface area (Å²) in [7, 11) is 1.78. The molecule has 2 aromatic rings. The van der Waals surface area contributed by atoms with Crippen molar-refractivity contribution in [2.45, 2.75) is 19.9 Å². The van der Waals surface area contributed by atoms with Gasteiger partial charge in [-0.3, -0.25) is 9.98 Å². The topological polar surface area (TPSA) is 49.3 Å². The third kappa shape index (κ3) is 4.91. The predicted molar refractivity (Wildman–Crippen MR) is 87.3 cm³/mol. The fourth-order valence-corrected chi connectivity index (χ4v) is 2.06. The zero-order valence-electron chi connectivity index (χ0n) is 12.6. The number of hydrogen-bond acceptors (Lipinski definition) is 2. The third-order valence-electron chi connectivity index (χ3n) is 3.31. The van der Waals surface area contributed by atoms with Crippen molar-refractivity contribution in [3.8, 4) is 0 Å². The number of aryl methyl sites for hydroxylation is 1. The highest BCUT2D eigenvalue weighted by atomic mass is 15.2. The Morgan fingerprint density at radius 2 is 1.90 bits per heavy atom. The third-order valence-corrected chi connectivity index (χ3v) is 3.31. The highest BCUT2D eigenvalue weighted by Gasteiger charge is 2.01. The molecule has 21 heavy (non-hydrogen) atoms. The van der Waals surface area contributed by atoms with Crippen LogP contribution in [0.2, 0.25) is 0 Å². The van der Waals surface area contributed by atoms with Crippen molar-refractivity contribution in [1.82, 2.24) is 15.6 Å². The molecule has 2 N–H and O–H groups in total. The Hall–Kier alpha value is -2.36. The van der Waals surface area contributed by atoms with E-state index in [1.165, 1.54) is 11.1 Å². The lowest BCUT2D eigenvalue weighted by Gasteiger charge is -2.12. The molecule has 0 saturated heterocycles. The summed E-state index contributed by atoms with van der Waals surface area (Å²) in [6.07, 6.45) is 2.79. The first-order chi connectivity index (χ1) is 10.3. The second-order valence-corrected chi connectivity index (χ2v) is 4.86. The van der Waals surface area contributed by atoms with Gasteiger partial charge in [-0.2, -0.15) is 0 Å². The Morgan fingerprint density at radius 1 is 1.10 bits per heavy atom. The molecule has 0 aliphatic rings. The molecule has 1 heterocycles. The van der Waals surface area contributed by atoms with Crippen LogP contribution in [-0.2, 0) is 13.0 Å². The first-order valence-corrected chi connectivity index (χ1v) is 7.18. The minimum atomic E-state index is 0.678. The number of aliphatic imine (C=N–C) groups is 1. The van der Waals surface area contributed by atoms with Gasteiger partial charge in [0.2, 0.25) is 0 Å². The molecule has 0 atom stereocenters. The van der Waals surface area contributed by atoms with Gasteiger partial charge in [-0.25, -0.2) is 0 Å². The van der Waals surface area contributed by atoms with Gasteiger partial charge in [0.05, 0.1) is 12.2 Å². The number of benzene rings is 1. The Balaban J connectivity index is 1.78. The lowest BCUT2D eigenvalue weighted by atomic mass is 10.1. The molecule has 0 spiro atoms. The molecule has 1 aromatic carbocycles. The Labute approximate surface area is 126 Å². The summed E-state index contributed by atoms with van der Waals surface area (Å²) in [6.45, 7) is 3.60. The number of aromatic nitrogens is 1. The smallest absolute Gasteiger partial charge is 0.191 e. The van der Waals surface area contributed by atoms with Crippen LogP contribution in [-0.4, -0.2) is 24.5 Å². The normalized spacial score (nSPS) is 11.2. The summed E-state index contributed by atoms with van der Waals surface area (Å²) in [5.74, 6) is 0.802. The molecule has 0 amide bonds. The Morgan fingerprint density at radius 3 is 2.62 bits per heavy atom. The van der Waals surface area contributed by atoms with E-state index in [1.54, 1.807) is 7.05 Å². The maximum Gasteiger partial charge on any atom is 0.191 e. The van der Waals surface area contributed by atoms with E-state index < -0.39 is 0 Å². The van der Waals surface area contributed by atoms with Gasteiger partial charge in [0.25, 0.3) is 0 Å². The second kappa shape index (κ2) is 8.04. The average molecular weight is 282 g/mol. The fourth-order valence-electron chi connectivity index (χ4n) is 2.06. The number of rotatable bonds is 5. The monoisotopic (exact) mass is 282 g/mol. The van der Waals surface area contributed by atoms with Gasteiger partial charge in [0.1, 0.15) is 0 Å². The molecule has 2 rings (SSSR count). The molecule has 0 radical (unpaired) electrons. The maximum absolute atomic E-state index is 4.37. The van der Waals surface area contributed by atoms with Crippen molar-refractivity contribution in [1.29, 1.82) is 0 Å². The molecular weight excluding hydrogens is 260 g/mol. The number of nitrogens with one attached hydrogen (secondary N) is 2. The van der Waals surface area contributed by atoms with Gasteiger partial charge in [0.15, 0.2) is 5.96 Å². The van der Waals surface area contributed by atoms with Crippen LogP contribution < -0.4 is 10.6 Å². The van der Waals surface area contributed by atoms with Crippen LogP contribution >= 0.6 is 0 Å². The summed E-state index contributed by atoms with van der Waals surface area (Å²) in [5.41, 5.74) is 3.55. The van der Waals surface area contributed by atoms with Gasteiger partial charge >= 0.3 is 0 Å². The van der Waals surface area contributed by atoms with Crippen molar-refractivity contribution in [2.24, 2.45) is 4.99 Å². The van der Waals surface area contributed by atoms with E-state index in [4.69, 9.17) is 0 Å². The van der Waals surface area contributed by atoms with Crippen molar-refractivity contribution in [2.75, 3.05) is 13.6 Å². The number of nitrogens with zero attached hydrogens (tertiary/aromatic N) is 2. The number of guanidine groups is 1. The summed E-state index contributed by atoms with van der Waals surface area (Å²) in [6, 6.07) is 14.4. The zero-order valence-corrected chi connectivity index (χ0v) is 12.6. The average Bonchev–Trinajstić information content (AvgIpc) is 2.53. The van der Waals surface area contributed by atoms with Crippen molar-refractivity contribution >= 4 is 5.96 Å². The minimum Gasteiger partial charge on any atom is -0.356 e. The Bertz CT molecular complexity index is 578. The lowest BCUT2D eigenvalue weighted by Crippen LogP contribution is -2.38. The largest absolute Gasteiger partial charge is 0.356 e. The molecule has 4 heteroatoms. The van der Waals surface area contributed by atoms with E-state index >= 15 is 0 Å².